The van der Waals surface area contributed by atoms with E-state index in [1.165, 1.54) is 16.7 Å². The van der Waals surface area contributed by atoms with Crippen LogP contribution in [0.2, 0.25) is 0 Å². The van der Waals surface area contributed by atoms with Crippen molar-refractivity contribution in [1.29, 1.82) is 0 Å². The van der Waals surface area contributed by atoms with Crippen molar-refractivity contribution >= 4 is 0 Å². The summed E-state index contributed by atoms with van der Waals surface area (Å²) in [5.41, 5.74) is 5.73. The molecule has 24 heavy (non-hydrogen) atoms. The zero-order valence-electron chi connectivity index (χ0n) is 14.5. The summed E-state index contributed by atoms with van der Waals surface area (Å²) < 4.78 is 1.78. The van der Waals surface area contributed by atoms with Crippen molar-refractivity contribution in [3.05, 3.63) is 93.9 Å². The minimum absolute atomic E-state index is 0.0724. The van der Waals surface area contributed by atoms with Crippen LogP contribution in [-0.2, 0) is 6.54 Å². The average molecular weight is 317 g/mol. The lowest BCUT2D eigenvalue weighted by atomic mass is 9.95. The monoisotopic (exact) mass is 317 g/mol. The Morgan fingerprint density at radius 1 is 0.958 bits per heavy atom. The fraction of sp³-hybridized carbons (Fsp3) is 0.227. The Hall–Kier alpha value is -2.61. The zero-order valence-corrected chi connectivity index (χ0v) is 14.5. The van der Waals surface area contributed by atoms with Crippen molar-refractivity contribution < 1.29 is 0 Å². The largest absolute Gasteiger partial charge is 0.311 e. The lowest BCUT2D eigenvalue weighted by molar-refractivity contribution is 0.753. The lowest BCUT2D eigenvalue weighted by Crippen LogP contribution is -2.21. The van der Waals surface area contributed by atoms with Gasteiger partial charge >= 0.3 is 0 Å². The quantitative estimate of drug-likeness (QED) is 0.664. The van der Waals surface area contributed by atoms with E-state index in [1.807, 2.05) is 31.3 Å². The highest BCUT2D eigenvalue weighted by Gasteiger charge is 2.08. The molecule has 1 heterocycles. The van der Waals surface area contributed by atoms with Gasteiger partial charge in [0.15, 0.2) is 0 Å². The number of aryl methyl sites for hydroxylation is 1. The molecule has 0 aliphatic rings. The van der Waals surface area contributed by atoms with E-state index in [0.29, 0.717) is 12.5 Å². The topological polar surface area (TPSA) is 22.0 Å². The first kappa shape index (κ1) is 16.3. The van der Waals surface area contributed by atoms with Crippen LogP contribution in [0.25, 0.3) is 11.1 Å². The minimum Gasteiger partial charge on any atom is -0.311 e. The number of hydrogen-bond donors (Lipinski definition) is 0. The van der Waals surface area contributed by atoms with Crippen LogP contribution in [0.15, 0.2) is 71.7 Å². The van der Waals surface area contributed by atoms with Crippen molar-refractivity contribution in [2.75, 3.05) is 0 Å². The maximum absolute atomic E-state index is 12.3. The van der Waals surface area contributed by atoms with Crippen molar-refractivity contribution in [2.45, 2.75) is 33.2 Å². The van der Waals surface area contributed by atoms with Gasteiger partial charge in [0.2, 0.25) is 0 Å². The van der Waals surface area contributed by atoms with Gasteiger partial charge in [0, 0.05) is 11.8 Å². The number of hydrogen-bond acceptors (Lipinski definition) is 1. The number of benzene rings is 2. The molecule has 0 fully saturated rings. The van der Waals surface area contributed by atoms with E-state index < -0.39 is 0 Å². The minimum atomic E-state index is 0.0724. The summed E-state index contributed by atoms with van der Waals surface area (Å²) >= 11 is 0. The Morgan fingerprint density at radius 3 is 2.54 bits per heavy atom. The molecule has 1 aromatic heterocycles. The van der Waals surface area contributed by atoms with Gasteiger partial charge in [-0.15, -0.1) is 0 Å². The molecule has 0 bridgehead atoms. The van der Waals surface area contributed by atoms with E-state index in [2.05, 4.69) is 56.3 Å². The Bertz CT molecular complexity index is 906. The van der Waals surface area contributed by atoms with Crippen LogP contribution in [0.3, 0.4) is 0 Å². The van der Waals surface area contributed by atoms with Gasteiger partial charge < -0.3 is 4.57 Å². The summed E-state index contributed by atoms with van der Waals surface area (Å²) in [4.78, 5) is 12.3. The van der Waals surface area contributed by atoms with Gasteiger partial charge in [0.1, 0.15) is 0 Å². The smallest absolute Gasteiger partial charge is 0.253 e. The lowest BCUT2D eigenvalue weighted by Gasteiger charge is -2.14. The van der Waals surface area contributed by atoms with Gasteiger partial charge in [0.05, 0.1) is 6.54 Å². The standard InChI is InChI=1S/C22H23NO/c1-16(2)18-10-6-11-19(14-18)21-12-5-4-9-20(21)15-23-13-7-8-17(3)22(23)24/h4-14,16H,15H2,1-3H3. The van der Waals surface area contributed by atoms with Crippen molar-refractivity contribution in [1.82, 2.24) is 4.57 Å². The fourth-order valence-electron chi connectivity index (χ4n) is 2.97. The molecule has 0 N–H and O–H groups in total. The SMILES string of the molecule is Cc1cccn(Cc2ccccc2-c2cccc(C(C)C)c2)c1=O. The molecule has 0 saturated carbocycles. The molecule has 0 unspecified atom stereocenters. The summed E-state index contributed by atoms with van der Waals surface area (Å²) in [7, 11) is 0. The van der Waals surface area contributed by atoms with Crippen LogP contribution < -0.4 is 5.56 Å². The van der Waals surface area contributed by atoms with Crippen LogP contribution in [0.5, 0.6) is 0 Å². The second kappa shape index (κ2) is 6.88. The van der Waals surface area contributed by atoms with Crippen molar-refractivity contribution in [2.24, 2.45) is 0 Å². The van der Waals surface area contributed by atoms with Crippen LogP contribution in [0, 0.1) is 6.92 Å². The molecule has 2 heteroatoms. The molecule has 0 aliphatic heterocycles. The number of rotatable bonds is 4. The molecule has 0 atom stereocenters. The van der Waals surface area contributed by atoms with Gasteiger partial charge in [-0.1, -0.05) is 68.4 Å². The van der Waals surface area contributed by atoms with E-state index in [-0.39, 0.29) is 5.56 Å². The first-order valence-electron chi connectivity index (χ1n) is 8.40. The first-order chi connectivity index (χ1) is 11.6. The summed E-state index contributed by atoms with van der Waals surface area (Å²) in [6.07, 6.45) is 1.86. The van der Waals surface area contributed by atoms with Gasteiger partial charge in [-0.25, -0.2) is 0 Å². The third-order valence-corrected chi connectivity index (χ3v) is 4.43. The molecule has 2 aromatic carbocycles. The van der Waals surface area contributed by atoms with Gasteiger partial charge in [-0.05, 0) is 41.2 Å². The van der Waals surface area contributed by atoms with E-state index in [4.69, 9.17) is 0 Å². The highest BCUT2D eigenvalue weighted by atomic mass is 16.1. The fourth-order valence-corrected chi connectivity index (χ4v) is 2.97. The summed E-state index contributed by atoms with van der Waals surface area (Å²) in [6.45, 7) is 6.86. The molecule has 0 saturated heterocycles. The molecule has 0 amide bonds. The van der Waals surface area contributed by atoms with Gasteiger partial charge in [-0.2, -0.15) is 0 Å². The second-order valence-corrected chi connectivity index (χ2v) is 6.56. The normalized spacial score (nSPS) is 11.0. The molecular formula is C22H23NO. The average Bonchev–Trinajstić information content (AvgIpc) is 2.59. The number of aromatic nitrogens is 1. The Balaban J connectivity index is 2.04. The summed E-state index contributed by atoms with van der Waals surface area (Å²) in [6, 6.07) is 20.8. The van der Waals surface area contributed by atoms with E-state index >= 15 is 0 Å². The van der Waals surface area contributed by atoms with Gasteiger partial charge in [0.25, 0.3) is 5.56 Å². The zero-order chi connectivity index (χ0) is 17.1. The maximum Gasteiger partial charge on any atom is 0.253 e. The molecule has 3 aromatic rings. The van der Waals surface area contributed by atoms with Crippen LogP contribution >= 0.6 is 0 Å². The molecular weight excluding hydrogens is 294 g/mol. The molecule has 2 nitrogen and oxygen atoms in total. The Labute approximate surface area is 143 Å². The van der Waals surface area contributed by atoms with Crippen molar-refractivity contribution in [3.63, 3.8) is 0 Å². The summed E-state index contributed by atoms with van der Waals surface area (Å²) in [5, 5.41) is 0. The maximum atomic E-state index is 12.3. The van der Waals surface area contributed by atoms with Crippen LogP contribution in [-0.4, -0.2) is 4.57 Å². The molecule has 0 radical (unpaired) electrons. The first-order valence-corrected chi connectivity index (χ1v) is 8.40. The molecule has 122 valence electrons. The predicted octanol–water partition coefficient (Wildman–Crippen LogP) is 5.00. The van der Waals surface area contributed by atoms with Crippen LogP contribution in [0.4, 0.5) is 0 Å². The highest BCUT2D eigenvalue weighted by Crippen LogP contribution is 2.27. The summed E-state index contributed by atoms with van der Waals surface area (Å²) in [5.74, 6) is 0.497. The van der Waals surface area contributed by atoms with Gasteiger partial charge in [-0.3, -0.25) is 4.79 Å². The van der Waals surface area contributed by atoms with E-state index in [0.717, 1.165) is 11.1 Å². The third-order valence-electron chi connectivity index (χ3n) is 4.43. The second-order valence-electron chi connectivity index (χ2n) is 6.56. The molecule has 3 rings (SSSR count). The highest BCUT2D eigenvalue weighted by molar-refractivity contribution is 5.68. The Morgan fingerprint density at radius 2 is 1.75 bits per heavy atom. The Kier molecular flexibility index (Phi) is 4.66. The van der Waals surface area contributed by atoms with Crippen LogP contribution in [0.1, 0.15) is 36.5 Å². The van der Waals surface area contributed by atoms with E-state index in [1.54, 1.807) is 4.57 Å². The molecule has 0 spiro atoms. The number of pyridine rings is 1. The third kappa shape index (κ3) is 3.33. The number of nitrogens with zero attached hydrogens (tertiary/aromatic N) is 1. The predicted molar refractivity (Wildman–Crippen MR) is 101 cm³/mol. The molecule has 0 aliphatic carbocycles. The van der Waals surface area contributed by atoms with Crippen molar-refractivity contribution in [3.8, 4) is 11.1 Å². The van der Waals surface area contributed by atoms with E-state index in [9.17, 15) is 4.79 Å².